The summed E-state index contributed by atoms with van der Waals surface area (Å²) in [5, 5.41) is 22.2. The summed E-state index contributed by atoms with van der Waals surface area (Å²) in [5.74, 6) is -1.44. The molecule has 1 aliphatic rings. The van der Waals surface area contributed by atoms with E-state index in [9.17, 15) is 14.7 Å². The van der Waals surface area contributed by atoms with E-state index in [4.69, 9.17) is 5.11 Å². The Morgan fingerprint density at radius 1 is 1.47 bits per heavy atom. The van der Waals surface area contributed by atoms with Crippen LogP contribution in [0, 0.1) is 0 Å². The van der Waals surface area contributed by atoms with Crippen molar-refractivity contribution in [3.8, 4) is 0 Å². The normalized spacial score (nSPS) is 23.9. The van der Waals surface area contributed by atoms with Gasteiger partial charge in [0.1, 0.15) is 12.6 Å². The van der Waals surface area contributed by atoms with E-state index >= 15 is 0 Å². The largest absolute Gasteiger partial charge is 0.480 e. The molecule has 1 amide bonds. The number of hydrogen-bond acceptors (Lipinski definition) is 4. The first-order valence-corrected chi connectivity index (χ1v) is 5.25. The zero-order valence-electron chi connectivity index (χ0n) is 9.06. The van der Waals surface area contributed by atoms with Gasteiger partial charge in [-0.2, -0.15) is 5.10 Å². The molecule has 0 radical (unpaired) electrons. The number of aliphatic hydroxyl groups excluding tert-OH is 1. The monoisotopic (exact) mass is 239 g/mol. The number of β-amino-alcohol motifs (C(OH)–C–C–N with tert-alkyl or cyclic N) is 1. The summed E-state index contributed by atoms with van der Waals surface area (Å²) in [4.78, 5) is 24.0. The minimum atomic E-state index is -1.09. The van der Waals surface area contributed by atoms with Crippen LogP contribution in [0.25, 0.3) is 0 Å². The molecule has 2 rings (SSSR count). The van der Waals surface area contributed by atoms with E-state index in [1.807, 2.05) is 0 Å². The zero-order chi connectivity index (χ0) is 12.4. The summed E-state index contributed by atoms with van der Waals surface area (Å²) < 4.78 is 1.42. The molecule has 7 nitrogen and oxygen atoms in total. The number of hydrogen-bond donors (Lipinski definition) is 2. The fourth-order valence-corrected chi connectivity index (χ4v) is 1.95. The Morgan fingerprint density at radius 2 is 2.24 bits per heavy atom. The zero-order valence-corrected chi connectivity index (χ0v) is 9.06. The molecule has 1 fully saturated rings. The highest BCUT2D eigenvalue weighted by Crippen LogP contribution is 2.18. The SMILES string of the molecule is O=C(O)[C@@H]1CC(O)CN1C(=O)Cn1cccn1. The molecule has 0 saturated carbocycles. The van der Waals surface area contributed by atoms with Crippen molar-refractivity contribution in [2.75, 3.05) is 6.54 Å². The number of amides is 1. The molecule has 1 saturated heterocycles. The first-order chi connectivity index (χ1) is 8.08. The van der Waals surface area contributed by atoms with E-state index in [1.54, 1.807) is 18.5 Å². The first-order valence-electron chi connectivity index (χ1n) is 5.25. The van der Waals surface area contributed by atoms with Crippen molar-refractivity contribution >= 4 is 11.9 Å². The molecule has 17 heavy (non-hydrogen) atoms. The van der Waals surface area contributed by atoms with Crippen LogP contribution in [0.3, 0.4) is 0 Å². The Labute approximate surface area is 97.3 Å². The number of carboxylic acids is 1. The number of carbonyl (C=O) groups excluding carboxylic acids is 1. The maximum Gasteiger partial charge on any atom is 0.326 e. The highest BCUT2D eigenvalue weighted by Gasteiger charge is 2.38. The lowest BCUT2D eigenvalue weighted by Gasteiger charge is -2.20. The quantitative estimate of drug-likeness (QED) is 0.700. The van der Waals surface area contributed by atoms with Gasteiger partial charge in [0.15, 0.2) is 0 Å². The summed E-state index contributed by atoms with van der Waals surface area (Å²) in [5.41, 5.74) is 0. The van der Waals surface area contributed by atoms with E-state index in [0.29, 0.717) is 0 Å². The third-order valence-electron chi connectivity index (χ3n) is 2.74. The molecule has 92 valence electrons. The van der Waals surface area contributed by atoms with Gasteiger partial charge in [-0.25, -0.2) is 4.79 Å². The molecular formula is C10H13N3O4. The van der Waals surface area contributed by atoms with Gasteiger partial charge < -0.3 is 15.1 Å². The molecule has 1 unspecified atom stereocenters. The molecule has 0 aromatic carbocycles. The molecule has 1 aromatic heterocycles. The van der Waals surface area contributed by atoms with Gasteiger partial charge in [0.25, 0.3) is 0 Å². The molecule has 1 aromatic rings. The number of likely N-dealkylation sites (tertiary alicyclic amines) is 1. The third kappa shape index (κ3) is 2.44. The fourth-order valence-electron chi connectivity index (χ4n) is 1.95. The summed E-state index contributed by atoms with van der Waals surface area (Å²) in [6.07, 6.45) is 2.49. The summed E-state index contributed by atoms with van der Waals surface area (Å²) in [6.45, 7) is 0.0561. The second-order valence-corrected chi connectivity index (χ2v) is 3.99. The van der Waals surface area contributed by atoms with Crippen LogP contribution < -0.4 is 0 Å². The van der Waals surface area contributed by atoms with Crippen LogP contribution in [0.1, 0.15) is 6.42 Å². The maximum absolute atomic E-state index is 11.9. The maximum atomic E-state index is 11.9. The number of aliphatic carboxylic acids is 1. The summed E-state index contributed by atoms with van der Waals surface area (Å²) in [6, 6.07) is 0.744. The van der Waals surface area contributed by atoms with Crippen molar-refractivity contribution in [2.45, 2.75) is 25.1 Å². The first kappa shape index (κ1) is 11.6. The van der Waals surface area contributed by atoms with E-state index < -0.39 is 18.1 Å². The van der Waals surface area contributed by atoms with E-state index in [1.165, 1.54) is 9.58 Å². The van der Waals surface area contributed by atoms with Crippen LogP contribution in [0.5, 0.6) is 0 Å². The molecule has 2 N–H and O–H groups in total. The molecule has 2 atom stereocenters. The molecule has 2 heterocycles. The van der Waals surface area contributed by atoms with Crippen molar-refractivity contribution in [3.05, 3.63) is 18.5 Å². The van der Waals surface area contributed by atoms with Crippen LogP contribution in [0.15, 0.2) is 18.5 Å². The van der Waals surface area contributed by atoms with E-state index in [2.05, 4.69) is 5.10 Å². The molecule has 7 heteroatoms. The van der Waals surface area contributed by atoms with E-state index in [0.717, 1.165) is 0 Å². The van der Waals surface area contributed by atoms with Crippen molar-refractivity contribution in [1.82, 2.24) is 14.7 Å². The summed E-state index contributed by atoms with van der Waals surface area (Å²) >= 11 is 0. The van der Waals surface area contributed by atoms with Gasteiger partial charge in [0.05, 0.1) is 6.10 Å². The number of aromatic nitrogens is 2. The van der Waals surface area contributed by atoms with Crippen LogP contribution in [-0.4, -0.2) is 55.5 Å². The van der Waals surface area contributed by atoms with Gasteiger partial charge >= 0.3 is 5.97 Å². The van der Waals surface area contributed by atoms with Crippen LogP contribution in [-0.2, 0) is 16.1 Å². The highest BCUT2D eigenvalue weighted by molar-refractivity contribution is 5.84. The number of aliphatic hydroxyl groups is 1. The smallest absolute Gasteiger partial charge is 0.326 e. The van der Waals surface area contributed by atoms with Crippen LogP contribution in [0.2, 0.25) is 0 Å². The summed E-state index contributed by atoms with van der Waals surface area (Å²) in [7, 11) is 0. The van der Waals surface area contributed by atoms with Crippen LogP contribution in [0.4, 0.5) is 0 Å². The number of nitrogens with zero attached hydrogens (tertiary/aromatic N) is 3. The lowest BCUT2D eigenvalue weighted by Crippen LogP contribution is -2.42. The lowest BCUT2D eigenvalue weighted by atomic mass is 10.2. The molecule has 0 bridgehead atoms. The topological polar surface area (TPSA) is 95.7 Å². The van der Waals surface area contributed by atoms with Gasteiger partial charge in [-0.05, 0) is 6.07 Å². The Bertz CT molecular complexity index is 417. The van der Waals surface area contributed by atoms with Crippen molar-refractivity contribution < 1.29 is 19.8 Å². The molecular weight excluding hydrogens is 226 g/mol. The Balaban J connectivity index is 2.05. The van der Waals surface area contributed by atoms with Gasteiger partial charge in [0.2, 0.25) is 5.91 Å². The van der Waals surface area contributed by atoms with Crippen molar-refractivity contribution in [1.29, 1.82) is 0 Å². The highest BCUT2D eigenvalue weighted by atomic mass is 16.4. The van der Waals surface area contributed by atoms with Crippen molar-refractivity contribution in [3.63, 3.8) is 0 Å². The standard InChI is InChI=1S/C10H13N3O4/c14-7-4-8(10(16)17)13(5-7)9(15)6-12-3-1-2-11-12/h1-3,7-8,14H,4-6H2,(H,16,17)/t7?,8-/m0/s1. The number of carbonyl (C=O) groups is 2. The minimum absolute atomic E-state index is 0.0104. The lowest BCUT2D eigenvalue weighted by molar-refractivity contribution is -0.148. The van der Waals surface area contributed by atoms with Crippen molar-refractivity contribution in [2.24, 2.45) is 0 Å². The second-order valence-electron chi connectivity index (χ2n) is 3.99. The Hall–Kier alpha value is -1.89. The average molecular weight is 239 g/mol. The number of rotatable bonds is 3. The predicted molar refractivity (Wildman–Crippen MR) is 56.0 cm³/mol. The number of carboxylic acid groups (broad SMARTS) is 1. The minimum Gasteiger partial charge on any atom is -0.480 e. The Kier molecular flexibility index (Phi) is 3.10. The van der Waals surface area contributed by atoms with Gasteiger partial charge in [-0.15, -0.1) is 0 Å². The predicted octanol–water partition coefficient (Wildman–Crippen LogP) is -1.07. The third-order valence-corrected chi connectivity index (χ3v) is 2.74. The molecule has 0 spiro atoms. The van der Waals surface area contributed by atoms with Gasteiger partial charge in [0, 0.05) is 25.4 Å². The Morgan fingerprint density at radius 3 is 2.82 bits per heavy atom. The van der Waals surface area contributed by atoms with Gasteiger partial charge in [-0.3, -0.25) is 9.48 Å². The second kappa shape index (κ2) is 4.54. The van der Waals surface area contributed by atoms with Gasteiger partial charge in [-0.1, -0.05) is 0 Å². The average Bonchev–Trinajstić information content (AvgIpc) is 2.86. The fraction of sp³-hybridized carbons (Fsp3) is 0.500. The molecule has 1 aliphatic heterocycles. The molecule has 0 aliphatic carbocycles. The van der Waals surface area contributed by atoms with Crippen LogP contribution >= 0.6 is 0 Å². The van der Waals surface area contributed by atoms with E-state index in [-0.39, 0.29) is 25.4 Å².